The summed E-state index contributed by atoms with van der Waals surface area (Å²) in [6.45, 7) is 1.71. The third-order valence-electron chi connectivity index (χ3n) is 1.66. The monoisotopic (exact) mass is 213 g/mol. The molecule has 0 radical (unpaired) electrons. The lowest BCUT2D eigenvalue weighted by atomic mass is 10.1. The van der Waals surface area contributed by atoms with Crippen molar-refractivity contribution in [2.75, 3.05) is 0 Å². The molecule has 0 amide bonds. The zero-order valence-corrected chi connectivity index (χ0v) is 8.10. The number of alkyl halides is 3. The highest BCUT2D eigenvalue weighted by Gasteiger charge is 2.29. The van der Waals surface area contributed by atoms with Crippen LogP contribution in [0.4, 0.5) is 13.2 Å². The summed E-state index contributed by atoms with van der Waals surface area (Å²) < 4.78 is 36.5. The van der Waals surface area contributed by atoms with Crippen LogP contribution >= 0.6 is 0 Å². The van der Waals surface area contributed by atoms with Gasteiger partial charge in [-0.2, -0.15) is 13.2 Å². The van der Waals surface area contributed by atoms with Gasteiger partial charge in [0.05, 0.1) is 11.6 Å². The molecule has 0 heterocycles. The van der Waals surface area contributed by atoms with Crippen LogP contribution in [-0.2, 0) is 6.18 Å². The number of hydrogen-bond donors (Lipinski definition) is 1. The lowest BCUT2D eigenvalue weighted by Gasteiger charge is -2.05. The molecular weight excluding hydrogens is 203 g/mol. The quantitative estimate of drug-likeness (QED) is 0.658. The molecule has 1 aromatic rings. The van der Waals surface area contributed by atoms with Crippen LogP contribution in [0.3, 0.4) is 0 Å². The normalized spacial score (nSPS) is 12.9. The predicted molar refractivity (Wildman–Crippen MR) is 52.0 cm³/mol. The van der Waals surface area contributed by atoms with Gasteiger partial charge in [-0.3, -0.25) is 0 Å². The van der Waals surface area contributed by atoms with Crippen molar-refractivity contribution in [3.05, 3.63) is 35.4 Å². The molecule has 1 rings (SSSR count). The number of benzene rings is 1. The fraction of sp³-hybridized carbons (Fsp3) is 0.273. The fourth-order valence-corrected chi connectivity index (χ4v) is 0.940. The van der Waals surface area contributed by atoms with Crippen molar-refractivity contribution in [1.82, 2.24) is 0 Å². The first-order valence-corrected chi connectivity index (χ1v) is 4.34. The molecule has 0 spiro atoms. The largest absolute Gasteiger partial charge is 0.416 e. The van der Waals surface area contributed by atoms with Gasteiger partial charge in [-0.15, -0.1) is 0 Å². The maximum Gasteiger partial charge on any atom is 0.416 e. The van der Waals surface area contributed by atoms with Gasteiger partial charge in [0.25, 0.3) is 0 Å². The molecule has 1 aromatic carbocycles. The predicted octanol–water partition coefficient (Wildman–Crippen LogP) is 2.40. The molecule has 0 aliphatic rings. The summed E-state index contributed by atoms with van der Waals surface area (Å²) in [5, 5.41) is 0. The Balaban J connectivity index is 2.88. The SMILES string of the molecule is CC(N)C#Cc1ccc(C(F)(F)F)cc1. The molecule has 0 saturated carbocycles. The van der Waals surface area contributed by atoms with Crippen molar-refractivity contribution in [3.8, 4) is 11.8 Å². The zero-order valence-electron chi connectivity index (χ0n) is 8.10. The number of rotatable bonds is 0. The topological polar surface area (TPSA) is 26.0 Å². The number of hydrogen-bond acceptors (Lipinski definition) is 1. The summed E-state index contributed by atoms with van der Waals surface area (Å²) in [6.07, 6.45) is -4.30. The maximum absolute atomic E-state index is 12.2. The molecule has 80 valence electrons. The van der Waals surface area contributed by atoms with E-state index in [4.69, 9.17) is 5.73 Å². The first-order valence-electron chi connectivity index (χ1n) is 4.34. The van der Waals surface area contributed by atoms with Crippen LogP contribution in [0.1, 0.15) is 18.1 Å². The Kier molecular flexibility index (Phi) is 3.38. The van der Waals surface area contributed by atoms with E-state index in [9.17, 15) is 13.2 Å². The van der Waals surface area contributed by atoms with Gasteiger partial charge in [-0.25, -0.2) is 0 Å². The van der Waals surface area contributed by atoms with Crippen molar-refractivity contribution in [2.45, 2.75) is 19.1 Å². The van der Waals surface area contributed by atoms with Gasteiger partial charge in [0.15, 0.2) is 0 Å². The summed E-state index contributed by atoms with van der Waals surface area (Å²) in [7, 11) is 0. The van der Waals surface area contributed by atoms with Crippen LogP contribution in [-0.4, -0.2) is 6.04 Å². The first-order chi connectivity index (χ1) is 6.89. The molecule has 1 atom stereocenters. The summed E-state index contributed by atoms with van der Waals surface area (Å²) in [4.78, 5) is 0. The lowest BCUT2D eigenvalue weighted by Crippen LogP contribution is -2.10. The third-order valence-corrected chi connectivity index (χ3v) is 1.66. The molecule has 0 bridgehead atoms. The van der Waals surface area contributed by atoms with Crippen LogP contribution < -0.4 is 5.73 Å². The minimum Gasteiger partial charge on any atom is -0.318 e. The molecule has 1 nitrogen and oxygen atoms in total. The molecule has 0 saturated heterocycles. The number of halogens is 3. The zero-order chi connectivity index (χ0) is 11.5. The number of nitrogens with two attached hydrogens (primary N) is 1. The van der Waals surface area contributed by atoms with Crippen molar-refractivity contribution < 1.29 is 13.2 Å². The molecule has 1 unspecified atom stereocenters. The summed E-state index contributed by atoms with van der Waals surface area (Å²) in [5.41, 5.74) is 5.24. The van der Waals surface area contributed by atoms with E-state index in [1.165, 1.54) is 12.1 Å². The fourth-order valence-electron chi connectivity index (χ4n) is 0.940. The van der Waals surface area contributed by atoms with Crippen LogP contribution in [0.5, 0.6) is 0 Å². The molecule has 0 aliphatic heterocycles. The van der Waals surface area contributed by atoms with Crippen molar-refractivity contribution in [2.24, 2.45) is 5.73 Å². The van der Waals surface area contributed by atoms with E-state index >= 15 is 0 Å². The summed E-state index contributed by atoms with van der Waals surface area (Å²) >= 11 is 0. The second-order valence-electron chi connectivity index (χ2n) is 3.13. The second kappa shape index (κ2) is 4.37. The third kappa shape index (κ3) is 3.64. The Morgan fingerprint density at radius 1 is 1.20 bits per heavy atom. The van der Waals surface area contributed by atoms with Gasteiger partial charge in [-0.05, 0) is 31.2 Å². The van der Waals surface area contributed by atoms with E-state index in [2.05, 4.69) is 11.8 Å². The highest BCUT2D eigenvalue weighted by molar-refractivity contribution is 5.37. The van der Waals surface area contributed by atoms with E-state index in [0.29, 0.717) is 5.56 Å². The van der Waals surface area contributed by atoms with E-state index < -0.39 is 11.7 Å². The summed E-state index contributed by atoms with van der Waals surface area (Å²) in [5.74, 6) is 5.35. The lowest BCUT2D eigenvalue weighted by molar-refractivity contribution is -0.137. The average Bonchev–Trinajstić information content (AvgIpc) is 2.14. The van der Waals surface area contributed by atoms with Crippen molar-refractivity contribution in [1.29, 1.82) is 0 Å². The van der Waals surface area contributed by atoms with Crippen molar-refractivity contribution >= 4 is 0 Å². The second-order valence-corrected chi connectivity index (χ2v) is 3.13. The van der Waals surface area contributed by atoms with Crippen LogP contribution in [0.15, 0.2) is 24.3 Å². The van der Waals surface area contributed by atoms with Crippen LogP contribution in [0.2, 0.25) is 0 Å². The molecular formula is C11H10F3N. The summed E-state index contributed by atoms with van der Waals surface area (Å²) in [6, 6.07) is 4.39. The minimum absolute atomic E-state index is 0.285. The highest BCUT2D eigenvalue weighted by atomic mass is 19.4. The molecule has 2 N–H and O–H groups in total. The minimum atomic E-state index is -4.30. The molecule has 0 aromatic heterocycles. The van der Waals surface area contributed by atoms with Crippen LogP contribution in [0, 0.1) is 11.8 Å². The Labute approximate surface area is 86.1 Å². The van der Waals surface area contributed by atoms with Gasteiger partial charge in [-0.1, -0.05) is 11.8 Å². The Bertz CT molecular complexity index is 379. The Morgan fingerprint density at radius 3 is 2.13 bits per heavy atom. The maximum atomic E-state index is 12.2. The van der Waals surface area contributed by atoms with Gasteiger partial charge < -0.3 is 5.73 Å². The molecule has 0 aliphatic carbocycles. The average molecular weight is 213 g/mol. The van der Waals surface area contributed by atoms with Gasteiger partial charge in [0.2, 0.25) is 0 Å². The van der Waals surface area contributed by atoms with Gasteiger partial charge >= 0.3 is 6.18 Å². The van der Waals surface area contributed by atoms with Gasteiger partial charge in [0.1, 0.15) is 0 Å². The first kappa shape index (κ1) is 11.6. The molecule has 4 heteroatoms. The van der Waals surface area contributed by atoms with E-state index in [1.807, 2.05) is 0 Å². The Hall–Kier alpha value is -1.47. The molecule has 15 heavy (non-hydrogen) atoms. The highest BCUT2D eigenvalue weighted by Crippen LogP contribution is 2.28. The van der Waals surface area contributed by atoms with E-state index in [1.54, 1.807) is 6.92 Å². The molecule has 0 fully saturated rings. The van der Waals surface area contributed by atoms with E-state index in [-0.39, 0.29) is 6.04 Å². The standard InChI is InChI=1S/C11H10F3N/c1-8(15)2-3-9-4-6-10(7-5-9)11(12,13)14/h4-8H,15H2,1H3. The van der Waals surface area contributed by atoms with E-state index in [0.717, 1.165) is 12.1 Å². The van der Waals surface area contributed by atoms with Crippen molar-refractivity contribution in [3.63, 3.8) is 0 Å². The smallest absolute Gasteiger partial charge is 0.318 e. The Morgan fingerprint density at radius 2 is 1.73 bits per heavy atom. The van der Waals surface area contributed by atoms with Gasteiger partial charge in [0, 0.05) is 5.56 Å². The van der Waals surface area contributed by atoms with Crippen LogP contribution in [0.25, 0.3) is 0 Å².